The Kier molecular flexibility index (Phi) is 4.84. The lowest BCUT2D eigenvalue weighted by Crippen LogP contribution is -2.03. The van der Waals surface area contributed by atoms with Gasteiger partial charge in [0.15, 0.2) is 0 Å². The first-order valence-electron chi connectivity index (χ1n) is 5.88. The van der Waals surface area contributed by atoms with E-state index in [2.05, 4.69) is 22.6 Å². The molecule has 0 aliphatic carbocycles. The Morgan fingerprint density at radius 2 is 1.90 bits per heavy atom. The molecule has 0 aliphatic heterocycles. The Bertz CT molecular complexity index is 608. The molecule has 2 rings (SSSR count). The molecule has 0 bridgehead atoms. The van der Waals surface area contributed by atoms with Crippen LogP contribution in [0.3, 0.4) is 0 Å². The van der Waals surface area contributed by atoms with Gasteiger partial charge in [0.25, 0.3) is 0 Å². The Labute approximate surface area is 130 Å². The number of halogens is 1. The third-order valence-electron chi connectivity index (χ3n) is 2.73. The van der Waals surface area contributed by atoms with Gasteiger partial charge in [0, 0.05) is 9.64 Å². The Morgan fingerprint density at radius 3 is 2.50 bits per heavy atom. The number of benzene rings is 2. The Morgan fingerprint density at radius 1 is 1.20 bits per heavy atom. The van der Waals surface area contributed by atoms with E-state index in [1.807, 2.05) is 24.3 Å². The fourth-order valence-electron chi connectivity index (χ4n) is 1.67. The summed E-state index contributed by atoms with van der Waals surface area (Å²) in [6.07, 6.45) is 0. The summed E-state index contributed by atoms with van der Waals surface area (Å²) in [7, 11) is 1.53. The Balaban J connectivity index is 2.18. The van der Waals surface area contributed by atoms with Gasteiger partial charge < -0.3 is 14.6 Å². The van der Waals surface area contributed by atoms with E-state index in [4.69, 9.17) is 14.6 Å². The van der Waals surface area contributed by atoms with E-state index in [1.54, 1.807) is 12.1 Å². The summed E-state index contributed by atoms with van der Waals surface area (Å²) >= 11 is 2.22. The van der Waals surface area contributed by atoms with Crippen molar-refractivity contribution in [1.82, 2.24) is 0 Å². The van der Waals surface area contributed by atoms with Crippen molar-refractivity contribution in [2.24, 2.45) is 0 Å². The maximum Gasteiger partial charge on any atom is 0.339 e. The van der Waals surface area contributed by atoms with Crippen LogP contribution in [0, 0.1) is 3.57 Å². The van der Waals surface area contributed by atoms with Gasteiger partial charge in [0.1, 0.15) is 23.7 Å². The topological polar surface area (TPSA) is 55.8 Å². The van der Waals surface area contributed by atoms with Crippen LogP contribution in [-0.4, -0.2) is 18.2 Å². The molecule has 104 valence electrons. The van der Waals surface area contributed by atoms with Crippen LogP contribution >= 0.6 is 22.6 Å². The van der Waals surface area contributed by atoms with Crippen molar-refractivity contribution < 1.29 is 19.4 Å². The molecule has 0 aliphatic rings. The standard InChI is InChI=1S/C15H13IO4/c1-19-12-6-7-13(15(17)18)14(8-12)20-9-10-2-4-11(16)5-3-10/h2-8H,9H2,1H3,(H,17,18). The third kappa shape index (κ3) is 3.63. The normalized spacial score (nSPS) is 10.1. The molecular formula is C15H13IO4. The van der Waals surface area contributed by atoms with E-state index in [0.29, 0.717) is 18.1 Å². The average molecular weight is 384 g/mol. The Hall–Kier alpha value is -1.76. The summed E-state index contributed by atoms with van der Waals surface area (Å²) in [5, 5.41) is 9.14. The number of hydrogen-bond acceptors (Lipinski definition) is 3. The molecule has 0 amide bonds. The van der Waals surface area contributed by atoms with Crippen molar-refractivity contribution in [3.63, 3.8) is 0 Å². The molecule has 0 unspecified atom stereocenters. The molecule has 0 heterocycles. The highest BCUT2D eigenvalue weighted by molar-refractivity contribution is 14.1. The summed E-state index contributed by atoms with van der Waals surface area (Å²) in [4.78, 5) is 11.2. The summed E-state index contributed by atoms with van der Waals surface area (Å²) in [5.41, 5.74) is 1.10. The van der Waals surface area contributed by atoms with Crippen LogP contribution in [0.5, 0.6) is 11.5 Å². The molecule has 0 atom stereocenters. The van der Waals surface area contributed by atoms with Crippen LogP contribution in [-0.2, 0) is 6.61 Å². The first-order chi connectivity index (χ1) is 9.60. The molecular weight excluding hydrogens is 371 g/mol. The monoisotopic (exact) mass is 384 g/mol. The molecule has 20 heavy (non-hydrogen) atoms. The molecule has 1 N–H and O–H groups in total. The van der Waals surface area contributed by atoms with Gasteiger partial charge in [-0.1, -0.05) is 12.1 Å². The summed E-state index contributed by atoms with van der Waals surface area (Å²) < 4.78 is 11.8. The zero-order valence-electron chi connectivity index (χ0n) is 10.8. The van der Waals surface area contributed by atoms with Crippen LogP contribution in [0.15, 0.2) is 42.5 Å². The van der Waals surface area contributed by atoms with Gasteiger partial charge in [0.2, 0.25) is 0 Å². The number of ether oxygens (including phenoxy) is 2. The number of carbonyl (C=O) groups is 1. The number of carboxylic acid groups (broad SMARTS) is 1. The number of methoxy groups -OCH3 is 1. The number of aromatic carboxylic acids is 1. The summed E-state index contributed by atoms with van der Waals surface area (Å²) in [6.45, 7) is 0.310. The SMILES string of the molecule is COc1ccc(C(=O)O)c(OCc2ccc(I)cc2)c1. The van der Waals surface area contributed by atoms with E-state index in [-0.39, 0.29) is 5.56 Å². The quantitative estimate of drug-likeness (QED) is 0.801. The maximum atomic E-state index is 11.2. The third-order valence-corrected chi connectivity index (χ3v) is 3.45. The number of carboxylic acids is 1. The molecule has 0 radical (unpaired) electrons. The minimum Gasteiger partial charge on any atom is -0.497 e. The second-order valence-electron chi connectivity index (χ2n) is 4.08. The summed E-state index contributed by atoms with van der Waals surface area (Å²) in [6, 6.07) is 12.5. The lowest BCUT2D eigenvalue weighted by molar-refractivity contribution is 0.0691. The predicted octanol–water partition coefficient (Wildman–Crippen LogP) is 3.58. The fourth-order valence-corrected chi connectivity index (χ4v) is 2.03. The van der Waals surface area contributed by atoms with E-state index >= 15 is 0 Å². The van der Waals surface area contributed by atoms with Gasteiger partial charge in [-0.3, -0.25) is 0 Å². The predicted molar refractivity (Wildman–Crippen MR) is 83.4 cm³/mol. The van der Waals surface area contributed by atoms with Gasteiger partial charge >= 0.3 is 5.97 Å². The highest BCUT2D eigenvalue weighted by Crippen LogP contribution is 2.25. The van der Waals surface area contributed by atoms with Gasteiger partial charge in [-0.2, -0.15) is 0 Å². The molecule has 0 fully saturated rings. The van der Waals surface area contributed by atoms with Crippen molar-refractivity contribution in [3.8, 4) is 11.5 Å². The zero-order valence-corrected chi connectivity index (χ0v) is 13.0. The number of hydrogen-bond donors (Lipinski definition) is 1. The molecule has 0 saturated heterocycles. The highest BCUT2D eigenvalue weighted by atomic mass is 127. The minimum atomic E-state index is -1.02. The molecule has 5 heteroatoms. The highest BCUT2D eigenvalue weighted by Gasteiger charge is 2.12. The van der Waals surface area contributed by atoms with Crippen LogP contribution in [0.1, 0.15) is 15.9 Å². The fraction of sp³-hybridized carbons (Fsp3) is 0.133. The van der Waals surface area contributed by atoms with Gasteiger partial charge in [-0.15, -0.1) is 0 Å². The largest absolute Gasteiger partial charge is 0.497 e. The van der Waals surface area contributed by atoms with Crippen LogP contribution < -0.4 is 9.47 Å². The van der Waals surface area contributed by atoms with Crippen LogP contribution in [0.4, 0.5) is 0 Å². The number of rotatable bonds is 5. The molecule has 2 aromatic rings. The molecule has 4 nitrogen and oxygen atoms in total. The lowest BCUT2D eigenvalue weighted by atomic mass is 10.2. The average Bonchev–Trinajstić information content (AvgIpc) is 2.46. The first kappa shape index (κ1) is 14.6. The molecule has 0 saturated carbocycles. The van der Waals surface area contributed by atoms with Crippen LogP contribution in [0.25, 0.3) is 0 Å². The smallest absolute Gasteiger partial charge is 0.339 e. The van der Waals surface area contributed by atoms with Crippen molar-refractivity contribution in [3.05, 3.63) is 57.2 Å². The van der Waals surface area contributed by atoms with Gasteiger partial charge in [-0.05, 0) is 52.4 Å². The van der Waals surface area contributed by atoms with E-state index in [9.17, 15) is 4.79 Å². The van der Waals surface area contributed by atoms with E-state index in [0.717, 1.165) is 9.13 Å². The van der Waals surface area contributed by atoms with Crippen molar-refractivity contribution >= 4 is 28.6 Å². The zero-order chi connectivity index (χ0) is 14.5. The van der Waals surface area contributed by atoms with Crippen molar-refractivity contribution in [1.29, 1.82) is 0 Å². The second-order valence-corrected chi connectivity index (χ2v) is 5.33. The van der Waals surface area contributed by atoms with E-state index < -0.39 is 5.97 Å². The maximum absolute atomic E-state index is 11.2. The second kappa shape index (κ2) is 6.60. The van der Waals surface area contributed by atoms with Crippen molar-refractivity contribution in [2.45, 2.75) is 6.61 Å². The van der Waals surface area contributed by atoms with Crippen LogP contribution in [0.2, 0.25) is 0 Å². The molecule has 0 spiro atoms. The van der Waals surface area contributed by atoms with Crippen molar-refractivity contribution in [2.75, 3.05) is 7.11 Å². The van der Waals surface area contributed by atoms with E-state index in [1.165, 1.54) is 13.2 Å². The van der Waals surface area contributed by atoms with Gasteiger partial charge in [-0.25, -0.2) is 4.79 Å². The van der Waals surface area contributed by atoms with Gasteiger partial charge in [0.05, 0.1) is 7.11 Å². The minimum absolute atomic E-state index is 0.122. The molecule has 0 aromatic heterocycles. The molecule has 2 aromatic carbocycles. The first-order valence-corrected chi connectivity index (χ1v) is 6.96. The lowest BCUT2D eigenvalue weighted by Gasteiger charge is -2.11. The summed E-state index contributed by atoms with van der Waals surface area (Å²) in [5.74, 6) is -0.159.